The molecule has 2 aliphatic carbocycles. The molecule has 4 aliphatic rings. The molecule has 0 spiro atoms. The summed E-state index contributed by atoms with van der Waals surface area (Å²) in [6.45, 7) is 12.7. The van der Waals surface area contributed by atoms with E-state index in [4.69, 9.17) is 0 Å². The van der Waals surface area contributed by atoms with Gasteiger partial charge in [0.1, 0.15) is 0 Å². The third-order valence-corrected chi connectivity index (χ3v) is 14.3. The van der Waals surface area contributed by atoms with Gasteiger partial charge in [0.25, 0.3) is 0 Å². The van der Waals surface area contributed by atoms with Gasteiger partial charge in [-0.3, -0.25) is 4.79 Å². The Labute approximate surface area is 193 Å². The Morgan fingerprint density at radius 2 is 1.77 bits per heavy atom. The van der Waals surface area contributed by atoms with Gasteiger partial charge in [0.2, 0.25) is 0 Å². The van der Waals surface area contributed by atoms with Gasteiger partial charge in [0, 0.05) is 6.42 Å². The van der Waals surface area contributed by atoms with Crippen molar-refractivity contribution in [2.45, 2.75) is 110 Å². The zero-order valence-electron chi connectivity index (χ0n) is 19.7. The minimum absolute atomic E-state index is 0. The van der Waals surface area contributed by atoms with Crippen molar-refractivity contribution in [3.63, 3.8) is 0 Å². The Kier molecular flexibility index (Phi) is 8.50. The molecule has 0 amide bonds. The van der Waals surface area contributed by atoms with Crippen molar-refractivity contribution in [1.82, 2.24) is 0 Å². The molecule has 0 aromatic heterocycles. The van der Waals surface area contributed by atoms with Gasteiger partial charge in [-0.15, -0.1) is 0 Å². The molecule has 7 unspecified atom stereocenters. The summed E-state index contributed by atoms with van der Waals surface area (Å²) in [6, 6.07) is 0. The largest absolute Gasteiger partial charge is 0.481 e. The van der Waals surface area contributed by atoms with Crippen molar-refractivity contribution in [2.24, 2.45) is 35.0 Å². The topological polar surface area (TPSA) is 37.3 Å². The van der Waals surface area contributed by atoms with E-state index < -0.39 is 5.97 Å². The maximum atomic E-state index is 11.4. The van der Waals surface area contributed by atoms with Crippen LogP contribution in [-0.2, 0) is 4.79 Å². The SMILES string of the molecule is C.CS.C[C@H](CC(=O)O)C1CCP2C1(C)CCC1C3(C)CCCCC3[C@@H](C)CC12C. The van der Waals surface area contributed by atoms with Gasteiger partial charge < -0.3 is 5.11 Å². The summed E-state index contributed by atoms with van der Waals surface area (Å²) in [4.78, 5) is 11.4. The van der Waals surface area contributed by atoms with E-state index in [2.05, 4.69) is 47.2 Å². The number of hydrogen-bond donors (Lipinski definition) is 2. The summed E-state index contributed by atoms with van der Waals surface area (Å²) in [7, 11) is -0.0216. The fourth-order valence-electron chi connectivity index (χ4n) is 9.28. The van der Waals surface area contributed by atoms with Crippen LogP contribution in [0.2, 0.25) is 0 Å². The minimum atomic E-state index is -0.605. The van der Waals surface area contributed by atoms with Gasteiger partial charge in [-0.05, 0) is 96.3 Å². The third-order valence-electron chi connectivity index (χ3n) is 10.1. The fourth-order valence-corrected chi connectivity index (χ4v) is 14.5. The van der Waals surface area contributed by atoms with E-state index in [0.29, 0.717) is 34.0 Å². The van der Waals surface area contributed by atoms with Crippen LogP contribution in [-0.4, -0.2) is 33.8 Å². The summed E-state index contributed by atoms with van der Waals surface area (Å²) in [5.74, 6) is 3.10. The van der Waals surface area contributed by atoms with Crippen LogP contribution in [0, 0.1) is 35.0 Å². The number of carbonyl (C=O) groups is 1. The van der Waals surface area contributed by atoms with Crippen molar-refractivity contribution >= 4 is 26.5 Å². The second-order valence-electron chi connectivity index (χ2n) is 11.5. The normalized spacial score (nSPS) is 48.0. The fraction of sp³-hybridized carbons (Fsp3) is 0.962. The van der Waals surface area contributed by atoms with E-state index in [1.165, 1.54) is 57.5 Å². The molecule has 2 nitrogen and oxygen atoms in total. The minimum Gasteiger partial charge on any atom is -0.481 e. The molecular weight excluding hydrogens is 407 g/mol. The van der Waals surface area contributed by atoms with Crippen LogP contribution in [0.5, 0.6) is 0 Å². The van der Waals surface area contributed by atoms with Crippen LogP contribution < -0.4 is 0 Å². The molecular formula is C26H49O2PS. The number of fused-ring (bicyclic) bond motifs is 5. The monoisotopic (exact) mass is 456 g/mol. The molecule has 9 atom stereocenters. The molecule has 1 N–H and O–H groups in total. The zero-order valence-corrected chi connectivity index (χ0v) is 21.5. The maximum absolute atomic E-state index is 11.4. The van der Waals surface area contributed by atoms with E-state index in [9.17, 15) is 9.90 Å². The van der Waals surface area contributed by atoms with Gasteiger partial charge in [0.05, 0.1) is 0 Å². The Bertz CT molecular complexity index is 612. The molecule has 2 aliphatic heterocycles. The molecule has 0 radical (unpaired) electrons. The Balaban J connectivity index is 0.00000104. The van der Waals surface area contributed by atoms with E-state index >= 15 is 0 Å². The Hall–Kier alpha value is 0.250. The number of rotatable bonds is 3. The Morgan fingerprint density at radius 1 is 1.10 bits per heavy atom. The van der Waals surface area contributed by atoms with Crippen LogP contribution in [0.1, 0.15) is 99.8 Å². The summed E-state index contributed by atoms with van der Waals surface area (Å²) < 4.78 is 0. The molecule has 4 heteroatoms. The van der Waals surface area contributed by atoms with E-state index in [-0.39, 0.29) is 15.3 Å². The first-order chi connectivity index (χ1) is 13.6. The average molecular weight is 457 g/mol. The van der Waals surface area contributed by atoms with Crippen LogP contribution in [0.15, 0.2) is 0 Å². The van der Waals surface area contributed by atoms with Gasteiger partial charge in [0.15, 0.2) is 0 Å². The quantitative estimate of drug-likeness (QED) is 0.334. The lowest BCUT2D eigenvalue weighted by atomic mass is 9.48. The van der Waals surface area contributed by atoms with E-state index in [1.54, 1.807) is 6.26 Å². The number of hydrogen-bond acceptors (Lipinski definition) is 2. The first-order valence-corrected chi connectivity index (χ1v) is 14.5. The van der Waals surface area contributed by atoms with Crippen molar-refractivity contribution < 1.29 is 9.90 Å². The number of carboxylic acid groups (broad SMARTS) is 1. The van der Waals surface area contributed by atoms with Crippen molar-refractivity contribution in [2.75, 3.05) is 12.4 Å². The molecule has 2 saturated carbocycles. The first kappa shape index (κ1) is 26.5. The second-order valence-corrected chi connectivity index (χ2v) is 14.8. The highest BCUT2D eigenvalue weighted by Gasteiger charge is 2.66. The summed E-state index contributed by atoms with van der Waals surface area (Å²) >= 11 is 3.53. The third kappa shape index (κ3) is 4.02. The molecule has 30 heavy (non-hydrogen) atoms. The lowest BCUT2D eigenvalue weighted by Crippen LogP contribution is -2.59. The maximum Gasteiger partial charge on any atom is 0.303 e. The highest BCUT2D eigenvalue weighted by Crippen LogP contribution is 2.80. The molecule has 2 saturated heterocycles. The number of carboxylic acids is 1. The summed E-state index contributed by atoms with van der Waals surface area (Å²) in [5, 5.41) is 10.3. The lowest BCUT2D eigenvalue weighted by molar-refractivity contribution is -0.138. The molecule has 0 aromatic rings. The highest BCUT2D eigenvalue weighted by molar-refractivity contribution is 7.79. The highest BCUT2D eigenvalue weighted by atomic mass is 32.1. The van der Waals surface area contributed by atoms with E-state index in [1.807, 2.05) is 0 Å². The lowest BCUT2D eigenvalue weighted by Gasteiger charge is -2.67. The van der Waals surface area contributed by atoms with Crippen molar-refractivity contribution in [3.8, 4) is 0 Å². The number of aliphatic carboxylic acids is 1. The first-order valence-electron chi connectivity index (χ1n) is 12.1. The van der Waals surface area contributed by atoms with E-state index in [0.717, 1.165) is 17.8 Å². The predicted molar refractivity (Wildman–Crippen MR) is 136 cm³/mol. The molecule has 0 aromatic carbocycles. The molecule has 176 valence electrons. The number of thiol groups is 1. The van der Waals surface area contributed by atoms with Gasteiger partial charge in [-0.2, -0.15) is 12.6 Å². The van der Waals surface area contributed by atoms with Crippen molar-refractivity contribution in [3.05, 3.63) is 0 Å². The Morgan fingerprint density at radius 3 is 2.40 bits per heavy atom. The predicted octanol–water partition coefficient (Wildman–Crippen LogP) is 7.94. The summed E-state index contributed by atoms with van der Waals surface area (Å²) in [6.07, 6.45) is 14.8. The standard InChI is InChI=1S/C24H41O2P.CH4S.CH4/c1-16(14-21(25)26)19-10-13-27-23(19,4)12-9-20-22(3)11-7-6-8-18(22)17(2)15-24(20,27)5;1-2;/h16-20H,6-15H2,1-5H3,(H,25,26);2H,1H3;1H4/t16-,17+,18?,19?,20?,22?,23?,24?,27?;;/m1../s1. The molecule has 2 heterocycles. The molecule has 4 fully saturated rings. The second kappa shape index (κ2) is 9.62. The van der Waals surface area contributed by atoms with Gasteiger partial charge in [-0.25, -0.2) is 0 Å². The van der Waals surface area contributed by atoms with Gasteiger partial charge >= 0.3 is 5.97 Å². The summed E-state index contributed by atoms with van der Waals surface area (Å²) in [5.41, 5.74) is 0.569. The van der Waals surface area contributed by atoms with Crippen molar-refractivity contribution in [1.29, 1.82) is 0 Å². The average Bonchev–Trinajstić information content (AvgIpc) is 3.01. The zero-order chi connectivity index (χ0) is 21.6. The van der Waals surface area contributed by atoms with Crippen LogP contribution in [0.4, 0.5) is 0 Å². The van der Waals surface area contributed by atoms with Crippen LogP contribution in [0.25, 0.3) is 0 Å². The molecule has 0 bridgehead atoms. The van der Waals surface area contributed by atoms with Crippen LogP contribution in [0.3, 0.4) is 0 Å². The smallest absolute Gasteiger partial charge is 0.303 e. The van der Waals surface area contributed by atoms with Crippen LogP contribution >= 0.6 is 20.6 Å². The molecule has 4 rings (SSSR count). The van der Waals surface area contributed by atoms with Gasteiger partial charge in [-0.1, -0.05) is 62.8 Å².